The molecule has 0 atom stereocenters. The molecule has 162 valence electrons. The zero-order valence-corrected chi connectivity index (χ0v) is 16.8. The van der Waals surface area contributed by atoms with Gasteiger partial charge in [0.25, 0.3) is 0 Å². The molecule has 2 aromatic rings. The number of likely N-dealkylation sites (tertiary alicyclic amines) is 1. The summed E-state index contributed by atoms with van der Waals surface area (Å²) in [4.78, 5) is 14.5. The van der Waals surface area contributed by atoms with Gasteiger partial charge in [0.05, 0.1) is 11.2 Å². The third-order valence-electron chi connectivity index (χ3n) is 5.78. The zero-order chi connectivity index (χ0) is 21.9. The monoisotopic (exact) mass is 423 g/mol. The Morgan fingerprint density at radius 2 is 1.83 bits per heavy atom. The molecule has 0 bridgehead atoms. The van der Waals surface area contributed by atoms with Gasteiger partial charge in [-0.3, -0.25) is 4.79 Å². The van der Waals surface area contributed by atoms with E-state index in [0.29, 0.717) is 62.0 Å². The molecule has 30 heavy (non-hydrogen) atoms. The van der Waals surface area contributed by atoms with Gasteiger partial charge in [-0.25, -0.2) is 4.39 Å². The Labute approximate surface area is 173 Å². The summed E-state index contributed by atoms with van der Waals surface area (Å²) in [6.45, 7) is 3.44. The van der Waals surface area contributed by atoms with E-state index >= 15 is 0 Å². The highest BCUT2D eigenvalue weighted by Gasteiger charge is 2.36. The minimum absolute atomic E-state index is 0.0371. The molecule has 0 unspecified atom stereocenters. The molecular weight excluding hydrogens is 398 g/mol. The third-order valence-corrected chi connectivity index (χ3v) is 5.78. The van der Waals surface area contributed by atoms with Crippen LogP contribution in [0.2, 0.25) is 0 Å². The lowest BCUT2D eigenvalue weighted by Gasteiger charge is -2.38. The quantitative estimate of drug-likeness (QED) is 0.519. The van der Waals surface area contributed by atoms with Gasteiger partial charge >= 0.3 is 6.18 Å². The van der Waals surface area contributed by atoms with Crippen LogP contribution in [0.3, 0.4) is 0 Å². The number of nitrogens with zero attached hydrogens (tertiary/aromatic N) is 1. The van der Waals surface area contributed by atoms with Crippen molar-refractivity contribution < 1.29 is 27.5 Å². The second-order valence-electron chi connectivity index (χ2n) is 7.94. The van der Waals surface area contributed by atoms with Crippen LogP contribution in [0, 0.1) is 12.7 Å². The van der Waals surface area contributed by atoms with Gasteiger partial charge in [0.15, 0.2) is 5.78 Å². The second kappa shape index (κ2) is 8.86. The maximum Gasteiger partial charge on any atom is 0.416 e. The topological polar surface area (TPSA) is 40.5 Å². The van der Waals surface area contributed by atoms with Crippen LogP contribution in [0.1, 0.15) is 52.7 Å². The lowest BCUT2D eigenvalue weighted by molar-refractivity contribution is -0.137. The SMILES string of the molecule is Cc1cc(F)ccc1C(=O)CCCN1CCC(O)(c2cccc(C(F)(F)F)c2)CC1. The predicted molar refractivity (Wildman–Crippen MR) is 106 cm³/mol. The van der Waals surface area contributed by atoms with Gasteiger partial charge in [0, 0.05) is 25.1 Å². The number of aliphatic hydroxyl groups is 1. The van der Waals surface area contributed by atoms with Crippen molar-refractivity contribution in [2.24, 2.45) is 0 Å². The Bertz CT molecular complexity index is 902. The number of halogens is 4. The Kier molecular flexibility index (Phi) is 6.62. The summed E-state index contributed by atoms with van der Waals surface area (Å²) in [6, 6.07) is 9.01. The molecule has 1 fully saturated rings. The maximum atomic E-state index is 13.2. The molecule has 3 nitrogen and oxygen atoms in total. The highest BCUT2D eigenvalue weighted by atomic mass is 19.4. The van der Waals surface area contributed by atoms with Crippen molar-refractivity contribution in [3.63, 3.8) is 0 Å². The van der Waals surface area contributed by atoms with Gasteiger partial charge in [-0.05, 0) is 74.2 Å². The number of aryl methyl sites for hydroxylation is 1. The van der Waals surface area contributed by atoms with E-state index in [1.807, 2.05) is 0 Å². The fourth-order valence-corrected chi connectivity index (χ4v) is 3.96. The van der Waals surface area contributed by atoms with Gasteiger partial charge < -0.3 is 10.0 Å². The molecule has 0 saturated carbocycles. The summed E-state index contributed by atoms with van der Waals surface area (Å²) < 4.78 is 52.1. The van der Waals surface area contributed by atoms with E-state index < -0.39 is 17.3 Å². The molecular formula is C23H25F4NO2. The van der Waals surface area contributed by atoms with Gasteiger partial charge in [-0.1, -0.05) is 12.1 Å². The zero-order valence-electron chi connectivity index (χ0n) is 16.8. The van der Waals surface area contributed by atoms with Crippen molar-refractivity contribution in [3.8, 4) is 0 Å². The number of carbonyl (C=O) groups is 1. The first-order valence-corrected chi connectivity index (χ1v) is 10.0. The average molecular weight is 423 g/mol. The molecule has 1 heterocycles. The molecule has 1 aliphatic heterocycles. The summed E-state index contributed by atoms with van der Waals surface area (Å²) >= 11 is 0. The highest BCUT2D eigenvalue weighted by Crippen LogP contribution is 2.36. The summed E-state index contributed by atoms with van der Waals surface area (Å²) in [6.07, 6.45) is -2.82. The molecule has 0 radical (unpaired) electrons. The van der Waals surface area contributed by atoms with E-state index in [0.717, 1.165) is 12.1 Å². The molecule has 1 N–H and O–H groups in total. The van der Waals surface area contributed by atoms with E-state index in [1.54, 1.807) is 6.92 Å². The number of piperidine rings is 1. The van der Waals surface area contributed by atoms with Crippen LogP contribution in [-0.4, -0.2) is 35.4 Å². The van der Waals surface area contributed by atoms with E-state index in [-0.39, 0.29) is 11.6 Å². The van der Waals surface area contributed by atoms with E-state index in [4.69, 9.17) is 0 Å². The van der Waals surface area contributed by atoms with Gasteiger partial charge in [0.1, 0.15) is 5.82 Å². The van der Waals surface area contributed by atoms with Crippen LogP contribution in [0.4, 0.5) is 17.6 Å². The Morgan fingerprint density at radius 3 is 2.47 bits per heavy atom. The van der Waals surface area contributed by atoms with E-state index in [2.05, 4.69) is 4.90 Å². The Morgan fingerprint density at radius 1 is 1.13 bits per heavy atom. The van der Waals surface area contributed by atoms with Gasteiger partial charge in [-0.2, -0.15) is 13.2 Å². The lowest BCUT2D eigenvalue weighted by Crippen LogP contribution is -2.43. The fourth-order valence-electron chi connectivity index (χ4n) is 3.96. The highest BCUT2D eigenvalue weighted by molar-refractivity contribution is 5.97. The molecule has 2 aromatic carbocycles. The molecule has 0 aliphatic carbocycles. The lowest BCUT2D eigenvalue weighted by atomic mass is 9.83. The largest absolute Gasteiger partial charge is 0.416 e. The molecule has 7 heteroatoms. The van der Waals surface area contributed by atoms with Crippen molar-refractivity contribution in [1.82, 2.24) is 4.90 Å². The normalized spacial score (nSPS) is 17.1. The minimum atomic E-state index is -4.44. The van der Waals surface area contributed by atoms with Crippen LogP contribution in [0.15, 0.2) is 42.5 Å². The molecule has 1 aliphatic rings. The number of alkyl halides is 3. The Hall–Kier alpha value is -2.25. The fraction of sp³-hybridized carbons (Fsp3) is 0.435. The first-order valence-electron chi connectivity index (χ1n) is 10.0. The summed E-state index contributed by atoms with van der Waals surface area (Å²) in [5.41, 5.74) is -0.610. The number of hydrogen-bond acceptors (Lipinski definition) is 3. The summed E-state index contributed by atoms with van der Waals surface area (Å²) in [5.74, 6) is -0.407. The number of benzene rings is 2. The molecule has 0 spiro atoms. The molecule has 0 aromatic heterocycles. The van der Waals surface area contributed by atoms with Crippen molar-refractivity contribution in [3.05, 3.63) is 70.5 Å². The molecule has 1 saturated heterocycles. The maximum absolute atomic E-state index is 13.2. The first kappa shape index (κ1) is 22.4. The predicted octanol–water partition coefficient (Wildman–Crippen LogP) is 5.10. The number of rotatable bonds is 6. The number of ketones is 1. The van der Waals surface area contributed by atoms with Crippen LogP contribution in [0.25, 0.3) is 0 Å². The first-order chi connectivity index (χ1) is 14.1. The minimum Gasteiger partial charge on any atom is -0.385 e. The van der Waals surface area contributed by atoms with Crippen molar-refractivity contribution in [2.45, 2.75) is 44.4 Å². The number of Topliss-reactive ketones (excluding diaryl/α,β-unsaturated/α-hetero) is 1. The molecule has 3 rings (SSSR count). The van der Waals surface area contributed by atoms with E-state index in [1.165, 1.54) is 30.3 Å². The standard InChI is InChI=1S/C23H25F4NO2/c1-16-14-19(24)7-8-20(16)21(29)6-3-11-28-12-9-22(30,10-13-28)17-4-2-5-18(15-17)23(25,26)27/h2,4-5,7-8,14-15,30H,3,6,9-13H2,1H3. The summed E-state index contributed by atoms with van der Waals surface area (Å²) in [5, 5.41) is 10.9. The van der Waals surface area contributed by atoms with Crippen molar-refractivity contribution in [2.75, 3.05) is 19.6 Å². The second-order valence-corrected chi connectivity index (χ2v) is 7.94. The number of hydrogen-bond donors (Lipinski definition) is 1. The average Bonchev–Trinajstić information content (AvgIpc) is 2.69. The van der Waals surface area contributed by atoms with Crippen molar-refractivity contribution >= 4 is 5.78 Å². The van der Waals surface area contributed by atoms with Crippen molar-refractivity contribution in [1.29, 1.82) is 0 Å². The van der Waals surface area contributed by atoms with Crippen LogP contribution in [-0.2, 0) is 11.8 Å². The number of carbonyl (C=O) groups excluding carboxylic acids is 1. The van der Waals surface area contributed by atoms with Crippen LogP contribution < -0.4 is 0 Å². The van der Waals surface area contributed by atoms with Gasteiger partial charge in [0.2, 0.25) is 0 Å². The van der Waals surface area contributed by atoms with Gasteiger partial charge in [-0.15, -0.1) is 0 Å². The van der Waals surface area contributed by atoms with E-state index in [9.17, 15) is 27.5 Å². The van der Waals surface area contributed by atoms with Crippen LogP contribution in [0.5, 0.6) is 0 Å². The Balaban J connectivity index is 1.51. The van der Waals surface area contributed by atoms with Crippen LogP contribution >= 0.6 is 0 Å². The summed E-state index contributed by atoms with van der Waals surface area (Å²) in [7, 11) is 0. The third kappa shape index (κ3) is 5.26. The molecule has 0 amide bonds. The smallest absolute Gasteiger partial charge is 0.385 e.